The van der Waals surface area contributed by atoms with E-state index in [0.717, 1.165) is 5.69 Å². The lowest BCUT2D eigenvalue weighted by molar-refractivity contribution is 0.654. The first kappa shape index (κ1) is 9.94. The van der Waals surface area contributed by atoms with E-state index in [4.69, 9.17) is 16.9 Å². The van der Waals surface area contributed by atoms with Crippen molar-refractivity contribution in [2.45, 2.75) is 26.2 Å². The number of hydrogen-bond donors (Lipinski definition) is 0. The second-order valence-electron chi connectivity index (χ2n) is 3.40. The van der Waals surface area contributed by atoms with Crippen LogP contribution in [-0.2, 0) is 5.41 Å². The van der Waals surface area contributed by atoms with Crippen LogP contribution in [0.2, 0.25) is 5.28 Å². The molecule has 0 saturated heterocycles. The molecule has 0 aliphatic carbocycles. The summed E-state index contributed by atoms with van der Waals surface area (Å²) >= 11 is 5.68. The van der Waals surface area contributed by atoms with Gasteiger partial charge >= 0.3 is 0 Å². The molecule has 0 amide bonds. The van der Waals surface area contributed by atoms with E-state index in [2.05, 4.69) is 16.0 Å². The van der Waals surface area contributed by atoms with Crippen LogP contribution in [0.5, 0.6) is 0 Å². The van der Waals surface area contributed by atoms with Gasteiger partial charge in [-0.25, -0.2) is 9.97 Å². The average molecular weight is 196 g/mol. The molecule has 0 spiro atoms. The fourth-order valence-corrected chi connectivity index (χ4v) is 1.13. The molecular formula is C9H10ClN3. The second kappa shape index (κ2) is 3.31. The van der Waals surface area contributed by atoms with Gasteiger partial charge in [-0.1, -0.05) is 0 Å². The highest BCUT2D eigenvalue weighted by molar-refractivity contribution is 6.28. The van der Waals surface area contributed by atoms with Crippen molar-refractivity contribution in [3.63, 3.8) is 0 Å². The molecule has 13 heavy (non-hydrogen) atoms. The van der Waals surface area contributed by atoms with Crippen LogP contribution in [0.3, 0.4) is 0 Å². The highest BCUT2D eigenvalue weighted by Crippen LogP contribution is 2.21. The Kier molecular flexibility index (Phi) is 2.53. The van der Waals surface area contributed by atoms with Crippen LogP contribution in [0.1, 0.15) is 25.2 Å². The molecular weight excluding hydrogens is 186 g/mol. The largest absolute Gasteiger partial charge is 0.223 e. The molecule has 0 bridgehead atoms. The third-order valence-corrected chi connectivity index (χ3v) is 1.92. The first-order valence-corrected chi connectivity index (χ1v) is 4.26. The zero-order chi connectivity index (χ0) is 10.1. The van der Waals surface area contributed by atoms with Gasteiger partial charge in [0.15, 0.2) is 0 Å². The Bertz CT molecular complexity index is 345. The van der Waals surface area contributed by atoms with Crippen LogP contribution in [0, 0.1) is 18.3 Å². The van der Waals surface area contributed by atoms with E-state index in [0.29, 0.717) is 5.69 Å². The number of nitrogens with zero attached hydrogens (tertiary/aromatic N) is 3. The van der Waals surface area contributed by atoms with Crippen molar-refractivity contribution in [3.05, 3.63) is 22.7 Å². The van der Waals surface area contributed by atoms with Crippen molar-refractivity contribution in [1.82, 2.24) is 9.97 Å². The molecule has 0 fully saturated rings. The molecule has 4 heteroatoms. The molecule has 0 aliphatic heterocycles. The third kappa shape index (κ3) is 2.16. The molecule has 0 saturated carbocycles. The lowest BCUT2D eigenvalue weighted by Gasteiger charge is -2.14. The van der Waals surface area contributed by atoms with Crippen molar-refractivity contribution in [3.8, 4) is 6.07 Å². The van der Waals surface area contributed by atoms with Crippen molar-refractivity contribution in [2.75, 3.05) is 0 Å². The molecule has 0 radical (unpaired) electrons. The van der Waals surface area contributed by atoms with Crippen LogP contribution in [0.4, 0.5) is 0 Å². The zero-order valence-corrected chi connectivity index (χ0v) is 8.55. The quantitative estimate of drug-likeness (QED) is 0.646. The number of aryl methyl sites for hydroxylation is 1. The van der Waals surface area contributed by atoms with Crippen molar-refractivity contribution >= 4 is 11.6 Å². The monoisotopic (exact) mass is 195 g/mol. The van der Waals surface area contributed by atoms with E-state index >= 15 is 0 Å². The predicted molar refractivity (Wildman–Crippen MR) is 50.4 cm³/mol. The van der Waals surface area contributed by atoms with Crippen LogP contribution >= 0.6 is 11.6 Å². The summed E-state index contributed by atoms with van der Waals surface area (Å²) in [6.07, 6.45) is 0. The highest BCUT2D eigenvalue weighted by atomic mass is 35.5. The summed E-state index contributed by atoms with van der Waals surface area (Å²) in [5, 5.41) is 9.07. The number of aromatic nitrogens is 2. The van der Waals surface area contributed by atoms with Gasteiger partial charge in [0.25, 0.3) is 0 Å². The Morgan fingerprint density at radius 3 is 2.54 bits per heavy atom. The number of hydrogen-bond acceptors (Lipinski definition) is 3. The maximum absolute atomic E-state index is 8.88. The molecule has 0 aromatic carbocycles. The molecule has 1 aromatic heterocycles. The SMILES string of the molecule is Cc1cc(C(C)(C)C#N)nc(Cl)n1. The Morgan fingerprint density at radius 1 is 1.46 bits per heavy atom. The fraction of sp³-hybridized carbons (Fsp3) is 0.444. The van der Waals surface area contributed by atoms with Crippen molar-refractivity contribution < 1.29 is 0 Å². The minimum absolute atomic E-state index is 0.193. The van der Waals surface area contributed by atoms with Crippen LogP contribution < -0.4 is 0 Å². The van der Waals surface area contributed by atoms with Gasteiger partial charge < -0.3 is 0 Å². The molecule has 68 valence electrons. The van der Waals surface area contributed by atoms with E-state index in [1.807, 2.05) is 6.92 Å². The zero-order valence-electron chi connectivity index (χ0n) is 7.80. The second-order valence-corrected chi connectivity index (χ2v) is 3.74. The third-order valence-electron chi connectivity index (χ3n) is 1.75. The predicted octanol–water partition coefficient (Wildman–Crippen LogP) is 2.24. The topological polar surface area (TPSA) is 49.6 Å². The molecule has 0 atom stereocenters. The maximum atomic E-state index is 8.88. The normalized spacial score (nSPS) is 11.0. The molecule has 1 heterocycles. The van der Waals surface area contributed by atoms with E-state index in [9.17, 15) is 0 Å². The first-order valence-electron chi connectivity index (χ1n) is 3.88. The lowest BCUT2D eigenvalue weighted by Crippen LogP contribution is -2.16. The average Bonchev–Trinajstić information content (AvgIpc) is 2.02. The maximum Gasteiger partial charge on any atom is 0.222 e. The Balaban J connectivity index is 3.25. The van der Waals surface area contributed by atoms with Gasteiger partial charge in [-0.3, -0.25) is 0 Å². The van der Waals surface area contributed by atoms with Gasteiger partial charge in [0.1, 0.15) is 0 Å². The summed E-state index contributed by atoms with van der Waals surface area (Å²) in [7, 11) is 0. The van der Waals surface area contributed by atoms with E-state index in [1.165, 1.54) is 0 Å². The standard InChI is InChI=1S/C9H10ClN3/c1-6-4-7(9(2,3)5-11)13-8(10)12-6/h4H,1-3H3. The molecule has 1 aromatic rings. The van der Waals surface area contributed by atoms with Gasteiger partial charge in [-0.15, -0.1) is 0 Å². The number of nitriles is 1. The summed E-state index contributed by atoms with van der Waals surface area (Å²) in [4.78, 5) is 7.94. The molecule has 3 nitrogen and oxygen atoms in total. The summed E-state index contributed by atoms with van der Waals surface area (Å²) < 4.78 is 0. The van der Waals surface area contributed by atoms with Gasteiger partial charge in [0.2, 0.25) is 5.28 Å². The molecule has 1 rings (SSSR count). The van der Waals surface area contributed by atoms with E-state index < -0.39 is 5.41 Å². The van der Waals surface area contributed by atoms with E-state index in [-0.39, 0.29) is 5.28 Å². The van der Waals surface area contributed by atoms with E-state index in [1.54, 1.807) is 19.9 Å². The first-order chi connectivity index (χ1) is 5.95. The summed E-state index contributed by atoms with van der Waals surface area (Å²) in [6, 6.07) is 3.94. The Morgan fingerprint density at radius 2 is 2.08 bits per heavy atom. The van der Waals surface area contributed by atoms with Crippen molar-refractivity contribution in [2.24, 2.45) is 0 Å². The minimum Gasteiger partial charge on any atom is -0.223 e. The lowest BCUT2D eigenvalue weighted by atomic mass is 9.91. The van der Waals surface area contributed by atoms with Crippen LogP contribution in [0.15, 0.2) is 6.07 Å². The van der Waals surface area contributed by atoms with Crippen LogP contribution in [0.25, 0.3) is 0 Å². The van der Waals surface area contributed by atoms with Gasteiger partial charge in [-0.05, 0) is 38.4 Å². The van der Waals surface area contributed by atoms with Crippen LogP contribution in [-0.4, -0.2) is 9.97 Å². The van der Waals surface area contributed by atoms with Gasteiger partial charge in [0, 0.05) is 5.69 Å². The van der Waals surface area contributed by atoms with Gasteiger partial charge in [-0.2, -0.15) is 5.26 Å². The number of halogens is 1. The Labute approximate surface area is 82.4 Å². The smallest absolute Gasteiger partial charge is 0.222 e. The minimum atomic E-state index is -0.614. The molecule has 0 unspecified atom stereocenters. The summed E-state index contributed by atoms with van der Waals surface area (Å²) in [5.74, 6) is 0. The highest BCUT2D eigenvalue weighted by Gasteiger charge is 2.22. The summed E-state index contributed by atoms with van der Waals surface area (Å²) in [5.41, 5.74) is 0.822. The summed E-state index contributed by atoms with van der Waals surface area (Å²) in [6.45, 7) is 5.42. The molecule has 0 aliphatic rings. The van der Waals surface area contributed by atoms with Gasteiger partial charge in [0.05, 0.1) is 17.2 Å². The molecule has 0 N–H and O–H groups in total. The fourth-order valence-electron chi connectivity index (χ4n) is 0.910. The number of rotatable bonds is 1. The van der Waals surface area contributed by atoms with Crippen molar-refractivity contribution in [1.29, 1.82) is 5.26 Å². The Hall–Kier alpha value is -1.14.